The molecule has 0 aliphatic heterocycles. The largest absolute Gasteiger partial charge is 0.460 e. The number of pyridine rings is 1. The predicted molar refractivity (Wildman–Crippen MR) is 135 cm³/mol. The van der Waals surface area contributed by atoms with E-state index in [-0.39, 0.29) is 5.91 Å². The van der Waals surface area contributed by atoms with Gasteiger partial charge in [0.15, 0.2) is 0 Å². The molecular weight excluding hydrogens is 436 g/mol. The Bertz CT molecular complexity index is 1360. The van der Waals surface area contributed by atoms with Crippen molar-refractivity contribution in [3.63, 3.8) is 0 Å². The maximum atomic E-state index is 11.7. The average Bonchev–Trinajstić information content (AvgIpc) is 3.15. The Morgan fingerprint density at radius 3 is 2.64 bits per heavy atom. The van der Waals surface area contributed by atoms with Gasteiger partial charge >= 0.3 is 0 Å². The molecule has 7 nitrogen and oxygen atoms in total. The number of aromatic nitrogens is 1. The van der Waals surface area contributed by atoms with Crippen LogP contribution in [0.2, 0.25) is 0 Å². The molecule has 4 aromatic rings. The van der Waals surface area contributed by atoms with Gasteiger partial charge in [-0.15, -0.1) is 0 Å². The van der Waals surface area contributed by atoms with Crippen molar-refractivity contribution in [2.24, 2.45) is 0 Å². The summed E-state index contributed by atoms with van der Waals surface area (Å²) in [6.07, 6.45) is 2.86. The molecule has 0 fully saturated rings. The number of carbonyl (C=O) groups is 1. The molecule has 8 heteroatoms. The third-order valence-electron chi connectivity index (χ3n) is 4.89. The Morgan fingerprint density at radius 2 is 1.88 bits per heavy atom. The molecule has 4 rings (SSSR count). The summed E-state index contributed by atoms with van der Waals surface area (Å²) in [4.78, 5) is 16.7. The lowest BCUT2D eigenvalue weighted by molar-refractivity contribution is -0.111. The number of anilines is 3. The summed E-state index contributed by atoms with van der Waals surface area (Å²) >= 11 is 5.39. The first kappa shape index (κ1) is 22.0. The first-order chi connectivity index (χ1) is 16.0. The molecule has 0 saturated heterocycles. The van der Waals surface area contributed by atoms with Crippen LogP contribution in [0.3, 0.4) is 0 Å². The van der Waals surface area contributed by atoms with Crippen molar-refractivity contribution in [1.29, 1.82) is 0 Å². The summed E-state index contributed by atoms with van der Waals surface area (Å²) in [6, 6.07) is 16.5. The molecule has 33 heavy (non-hydrogen) atoms. The topological polar surface area (TPSA) is 88.4 Å². The van der Waals surface area contributed by atoms with Crippen molar-refractivity contribution < 1.29 is 13.9 Å². The number of nitrogens with zero attached hydrogens (tertiary/aromatic N) is 1. The summed E-state index contributed by atoms with van der Waals surface area (Å²) < 4.78 is 11.9. The van der Waals surface area contributed by atoms with E-state index in [0.717, 1.165) is 16.7 Å². The quantitative estimate of drug-likeness (QED) is 0.242. The number of hydrogen-bond donors (Lipinski definition) is 3. The highest BCUT2D eigenvalue weighted by Gasteiger charge is 2.15. The number of para-hydroxylation sites is 2. The number of carbonyl (C=O) groups excluding carboxylic acids is 1. The summed E-state index contributed by atoms with van der Waals surface area (Å²) in [5.74, 6) is 2.22. The number of rotatable bonds is 7. The van der Waals surface area contributed by atoms with Crippen LogP contribution in [0.15, 0.2) is 77.9 Å². The highest BCUT2D eigenvalue weighted by atomic mass is 32.1. The second-order valence-corrected chi connectivity index (χ2v) is 7.52. The zero-order valence-corrected chi connectivity index (χ0v) is 19.0. The number of benzene rings is 2. The van der Waals surface area contributed by atoms with E-state index in [4.69, 9.17) is 21.4 Å². The lowest BCUT2D eigenvalue weighted by atomic mass is 10.1. The van der Waals surface area contributed by atoms with Gasteiger partial charge in [0.2, 0.25) is 5.91 Å². The van der Waals surface area contributed by atoms with E-state index < -0.39 is 0 Å². The van der Waals surface area contributed by atoms with Crippen molar-refractivity contribution >= 4 is 51.3 Å². The minimum atomic E-state index is -0.295. The molecule has 166 valence electrons. The predicted octanol–water partition coefficient (Wildman–Crippen LogP) is 5.69. The van der Waals surface area contributed by atoms with Crippen LogP contribution < -0.4 is 20.7 Å². The Kier molecular flexibility index (Phi) is 6.37. The molecule has 0 saturated carbocycles. The van der Waals surface area contributed by atoms with Crippen LogP contribution in [0.4, 0.5) is 17.2 Å². The lowest BCUT2D eigenvalue weighted by Gasteiger charge is -2.12. The molecule has 2 aromatic carbocycles. The molecular formula is C25H22N4O3S. The van der Waals surface area contributed by atoms with Crippen molar-refractivity contribution in [2.45, 2.75) is 6.92 Å². The molecule has 0 spiro atoms. The molecule has 2 aromatic heterocycles. The van der Waals surface area contributed by atoms with Crippen molar-refractivity contribution in [2.75, 3.05) is 17.7 Å². The third-order valence-corrected chi connectivity index (χ3v) is 5.30. The van der Waals surface area contributed by atoms with E-state index in [2.05, 4.69) is 27.5 Å². The molecule has 0 aliphatic rings. The van der Waals surface area contributed by atoms with E-state index in [1.165, 1.54) is 6.08 Å². The Balaban J connectivity index is 1.56. The molecule has 0 atom stereocenters. The summed E-state index contributed by atoms with van der Waals surface area (Å²) in [7, 11) is 1.79. The fraction of sp³-hybridized carbons (Fsp3) is 0.0800. The molecule has 3 N–H and O–H groups in total. The van der Waals surface area contributed by atoms with E-state index >= 15 is 0 Å². The molecule has 0 unspecified atom stereocenters. The number of thiocarbonyl (C=S) groups is 1. The Hall–Kier alpha value is -4.17. The van der Waals surface area contributed by atoms with Crippen molar-refractivity contribution in [3.8, 4) is 11.5 Å². The Morgan fingerprint density at radius 1 is 1.12 bits per heavy atom. The first-order valence-corrected chi connectivity index (χ1v) is 10.6. The second-order valence-electron chi connectivity index (χ2n) is 7.11. The van der Waals surface area contributed by atoms with E-state index in [1.54, 1.807) is 31.4 Å². The van der Waals surface area contributed by atoms with E-state index in [9.17, 15) is 4.79 Å². The number of hydrogen-bond acceptors (Lipinski definition) is 6. The van der Waals surface area contributed by atoms with Gasteiger partial charge in [0.05, 0.1) is 16.9 Å². The zero-order valence-electron chi connectivity index (χ0n) is 18.1. The summed E-state index contributed by atoms with van der Waals surface area (Å²) in [5.41, 5.74) is 2.88. The van der Waals surface area contributed by atoms with E-state index in [1.807, 2.05) is 43.3 Å². The van der Waals surface area contributed by atoms with Crippen molar-refractivity contribution in [1.82, 2.24) is 10.3 Å². The van der Waals surface area contributed by atoms with Gasteiger partial charge < -0.3 is 25.1 Å². The minimum Gasteiger partial charge on any atom is -0.460 e. The molecule has 1 amide bonds. The molecule has 0 aliphatic carbocycles. The Labute approximate surface area is 196 Å². The monoisotopic (exact) mass is 458 g/mol. The van der Waals surface area contributed by atoms with Crippen LogP contribution in [0.5, 0.6) is 11.5 Å². The average molecular weight is 459 g/mol. The molecule has 0 radical (unpaired) electrons. The van der Waals surface area contributed by atoms with Gasteiger partial charge in [-0.05, 0) is 43.3 Å². The SMILES string of the molecule is C=CC(=O)Nc1ccccc1Nc1cc(Oc2ccc3c(C(=S)NC)c(C)oc3c2)ccn1. The van der Waals surface area contributed by atoms with Crippen LogP contribution in [-0.2, 0) is 4.79 Å². The van der Waals surface area contributed by atoms with Crippen LogP contribution >= 0.6 is 12.2 Å². The normalized spacial score (nSPS) is 10.5. The van der Waals surface area contributed by atoms with Crippen LogP contribution in [-0.4, -0.2) is 22.9 Å². The van der Waals surface area contributed by atoms with Gasteiger partial charge in [0, 0.05) is 30.8 Å². The van der Waals surface area contributed by atoms with Gasteiger partial charge in [-0.3, -0.25) is 4.79 Å². The van der Waals surface area contributed by atoms with Crippen LogP contribution in [0.25, 0.3) is 11.0 Å². The number of aryl methyl sites for hydroxylation is 1. The number of nitrogens with one attached hydrogen (secondary N) is 3. The van der Waals surface area contributed by atoms with Gasteiger partial charge in [0.1, 0.15) is 33.6 Å². The fourth-order valence-electron chi connectivity index (χ4n) is 3.37. The summed E-state index contributed by atoms with van der Waals surface area (Å²) in [6.45, 7) is 5.37. The van der Waals surface area contributed by atoms with Gasteiger partial charge in [-0.2, -0.15) is 0 Å². The fourth-order valence-corrected chi connectivity index (χ4v) is 3.63. The number of ether oxygens (including phenoxy) is 1. The highest BCUT2D eigenvalue weighted by molar-refractivity contribution is 7.80. The van der Waals surface area contributed by atoms with Crippen LogP contribution in [0, 0.1) is 6.92 Å². The van der Waals surface area contributed by atoms with Gasteiger partial charge in [-0.1, -0.05) is 30.9 Å². The lowest BCUT2D eigenvalue weighted by Crippen LogP contribution is -2.16. The maximum absolute atomic E-state index is 11.7. The second kappa shape index (κ2) is 9.54. The van der Waals surface area contributed by atoms with E-state index in [0.29, 0.717) is 39.3 Å². The highest BCUT2D eigenvalue weighted by Crippen LogP contribution is 2.32. The maximum Gasteiger partial charge on any atom is 0.247 e. The van der Waals surface area contributed by atoms with Crippen LogP contribution in [0.1, 0.15) is 11.3 Å². The molecule has 2 heterocycles. The van der Waals surface area contributed by atoms with Gasteiger partial charge in [0.25, 0.3) is 0 Å². The molecule has 0 bridgehead atoms. The number of fused-ring (bicyclic) bond motifs is 1. The smallest absolute Gasteiger partial charge is 0.247 e. The standard InChI is InChI=1S/C25H22N4O3S/c1-4-23(30)29-20-8-6-5-7-19(20)28-22-14-17(11-12-27-22)32-16-9-10-18-21(13-16)31-15(2)24(18)25(33)26-3/h4-14H,1H2,2-3H3,(H,26,33)(H,27,28)(H,29,30). The minimum absolute atomic E-state index is 0.295. The third kappa shape index (κ3) is 4.86. The van der Waals surface area contributed by atoms with Crippen molar-refractivity contribution in [3.05, 3.63) is 84.8 Å². The first-order valence-electron chi connectivity index (χ1n) is 10.2. The number of furan rings is 1. The van der Waals surface area contributed by atoms with Gasteiger partial charge in [-0.25, -0.2) is 4.98 Å². The zero-order chi connectivity index (χ0) is 23.4. The summed E-state index contributed by atoms with van der Waals surface area (Å²) in [5, 5.41) is 9.90. The number of amides is 1.